The highest BCUT2D eigenvalue weighted by Crippen LogP contribution is 2.22. The van der Waals surface area contributed by atoms with Gasteiger partial charge in [0.1, 0.15) is 5.38 Å². The molecule has 4 heteroatoms. The van der Waals surface area contributed by atoms with Crippen molar-refractivity contribution in [3.05, 3.63) is 29.6 Å². The van der Waals surface area contributed by atoms with Gasteiger partial charge in [-0.1, -0.05) is 6.07 Å². The maximum absolute atomic E-state index is 12.0. The zero-order chi connectivity index (χ0) is 12.1. The number of alkyl halides is 1. The SMILES string of the molecule is CCN(CC)C(=O)C(Cl)c1ccc(C)nc1. The molecule has 0 spiro atoms. The largest absolute Gasteiger partial charge is 0.342 e. The molecular formula is C12H17ClN2O. The van der Waals surface area contributed by atoms with Gasteiger partial charge in [-0.25, -0.2) is 0 Å². The highest BCUT2D eigenvalue weighted by Gasteiger charge is 2.21. The van der Waals surface area contributed by atoms with Gasteiger partial charge >= 0.3 is 0 Å². The fourth-order valence-electron chi connectivity index (χ4n) is 1.47. The monoisotopic (exact) mass is 240 g/mol. The van der Waals surface area contributed by atoms with Gasteiger partial charge in [0, 0.05) is 25.0 Å². The van der Waals surface area contributed by atoms with Crippen LogP contribution in [0.5, 0.6) is 0 Å². The van der Waals surface area contributed by atoms with Crippen molar-refractivity contribution in [2.45, 2.75) is 26.1 Å². The number of hydrogen-bond acceptors (Lipinski definition) is 2. The highest BCUT2D eigenvalue weighted by molar-refractivity contribution is 6.30. The minimum absolute atomic E-state index is 0.0580. The molecule has 1 heterocycles. The molecule has 0 radical (unpaired) electrons. The number of carbonyl (C=O) groups is 1. The third kappa shape index (κ3) is 2.95. The number of amides is 1. The summed E-state index contributed by atoms with van der Waals surface area (Å²) in [6, 6.07) is 3.71. The second-order valence-electron chi connectivity index (χ2n) is 3.61. The average Bonchev–Trinajstić information content (AvgIpc) is 2.30. The van der Waals surface area contributed by atoms with E-state index >= 15 is 0 Å². The maximum atomic E-state index is 12.0. The van der Waals surface area contributed by atoms with Crippen molar-refractivity contribution in [1.82, 2.24) is 9.88 Å². The zero-order valence-corrected chi connectivity index (χ0v) is 10.7. The lowest BCUT2D eigenvalue weighted by atomic mass is 10.1. The van der Waals surface area contributed by atoms with E-state index in [0.29, 0.717) is 13.1 Å². The number of rotatable bonds is 4. The molecule has 3 nitrogen and oxygen atoms in total. The number of aryl methyl sites for hydroxylation is 1. The molecule has 0 saturated heterocycles. The summed E-state index contributed by atoms with van der Waals surface area (Å²) in [7, 11) is 0. The third-order valence-corrected chi connectivity index (χ3v) is 2.96. The van der Waals surface area contributed by atoms with Gasteiger partial charge in [-0.15, -0.1) is 11.6 Å². The van der Waals surface area contributed by atoms with Gasteiger partial charge in [0.2, 0.25) is 5.91 Å². The molecule has 1 amide bonds. The Morgan fingerprint density at radius 3 is 2.50 bits per heavy atom. The van der Waals surface area contributed by atoms with Crippen molar-refractivity contribution in [1.29, 1.82) is 0 Å². The molecule has 0 fully saturated rings. The molecule has 1 unspecified atom stereocenters. The van der Waals surface area contributed by atoms with E-state index in [2.05, 4.69) is 4.98 Å². The van der Waals surface area contributed by atoms with Crippen LogP contribution in [0.4, 0.5) is 0 Å². The molecule has 1 aromatic heterocycles. The van der Waals surface area contributed by atoms with Crippen molar-refractivity contribution in [2.24, 2.45) is 0 Å². The first-order valence-corrected chi connectivity index (χ1v) is 5.89. The molecule has 1 rings (SSSR count). The van der Waals surface area contributed by atoms with E-state index in [1.165, 1.54) is 0 Å². The van der Waals surface area contributed by atoms with Crippen LogP contribution in [-0.2, 0) is 4.79 Å². The Morgan fingerprint density at radius 2 is 2.06 bits per heavy atom. The Morgan fingerprint density at radius 1 is 1.44 bits per heavy atom. The van der Waals surface area contributed by atoms with E-state index in [9.17, 15) is 4.79 Å². The van der Waals surface area contributed by atoms with Crippen molar-refractivity contribution >= 4 is 17.5 Å². The van der Waals surface area contributed by atoms with Gasteiger partial charge in [-0.3, -0.25) is 9.78 Å². The Balaban J connectivity index is 2.81. The first-order chi connectivity index (χ1) is 7.60. The van der Waals surface area contributed by atoms with Gasteiger partial charge in [0.25, 0.3) is 0 Å². The molecule has 0 saturated carbocycles. The second-order valence-corrected chi connectivity index (χ2v) is 4.04. The minimum atomic E-state index is -0.631. The van der Waals surface area contributed by atoms with Crippen LogP contribution in [0.15, 0.2) is 18.3 Å². The fourth-order valence-corrected chi connectivity index (χ4v) is 1.73. The Bertz CT molecular complexity index is 347. The van der Waals surface area contributed by atoms with Gasteiger partial charge < -0.3 is 4.90 Å². The number of halogens is 1. The van der Waals surface area contributed by atoms with Crippen LogP contribution in [0.1, 0.15) is 30.5 Å². The number of likely N-dealkylation sites (N-methyl/N-ethyl adjacent to an activating group) is 1. The van der Waals surface area contributed by atoms with E-state index in [1.54, 1.807) is 11.1 Å². The van der Waals surface area contributed by atoms with Crippen LogP contribution >= 0.6 is 11.6 Å². The van der Waals surface area contributed by atoms with E-state index in [-0.39, 0.29) is 5.91 Å². The molecular weight excluding hydrogens is 224 g/mol. The molecule has 16 heavy (non-hydrogen) atoms. The van der Waals surface area contributed by atoms with E-state index in [4.69, 9.17) is 11.6 Å². The van der Waals surface area contributed by atoms with Gasteiger partial charge in [0.05, 0.1) is 0 Å². The van der Waals surface area contributed by atoms with Crippen LogP contribution in [0.3, 0.4) is 0 Å². The summed E-state index contributed by atoms with van der Waals surface area (Å²) in [5, 5.41) is -0.631. The first-order valence-electron chi connectivity index (χ1n) is 5.45. The van der Waals surface area contributed by atoms with Gasteiger partial charge in [-0.05, 0) is 32.4 Å². The minimum Gasteiger partial charge on any atom is -0.342 e. The molecule has 0 aliphatic heterocycles. The molecule has 0 aliphatic rings. The van der Waals surface area contributed by atoms with Gasteiger partial charge in [-0.2, -0.15) is 0 Å². The van der Waals surface area contributed by atoms with Gasteiger partial charge in [0.15, 0.2) is 0 Å². The Hall–Kier alpha value is -1.09. The van der Waals surface area contributed by atoms with E-state index in [1.807, 2.05) is 32.9 Å². The Kier molecular flexibility index (Phi) is 4.74. The van der Waals surface area contributed by atoms with E-state index in [0.717, 1.165) is 11.3 Å². The second kappa shape index (κ2) is 5.85. The number of hydrogen-bond donors (Lipinski definition) is 0. The fraction of sp³-hybridized carbons (Fsp3) is 0.500. The van der Waals surface area contributed by atoms with Crippen molar-refractivity contribution in [3.63, 3.8) is 0 Å². The van der Waals surface area contributed by atoms with Crippen LogP contribution in [-0.4, -0.2) is 28.9 Å². The molecule has 0 N–H and O–H groups in total. The molecule has 0 bridgehead atoms. The lowest BCUT2D eigenvalue weighted by Crippen LogP contribution is -2.33. The van der Waals surface area contributed by atoms with Crippen LogP contribution in [0, 0.1) is 6.92 Å². The number of aromatic nitrogens is 1. The average molecular weight is 241 g/mol. The predicted molar refractivity (Wildman–Crippen MR) is 65.5 cm³/mol. The number of nitrogens with zero attached hydrogens (tertiary/aromatic N) is 2. The topological polar surface area (TPSA) is 33.2 Å². The highest BCUT2D eigenvalue weighted by atomic mass is 35.5. The number of pyridine rings is 1. The lowest BCUT2D eigenvalue weighted by Gasteiger charge is -2.21. The maximum Gasteiger partial charge on any atom is 0.245 e. The third-order valence-electron chi connectivity index (χ3n) is 2.52. The summed E-state index contributed by atoms with van der Waals surface area (Å²) in [6.07, 6.45) is 1.66. The molecule has 88 valence electrons. The summed E-state index contributed by atoms with van der Waals surface area (Å²) in [5.41, 5.74) is 1.67. The molecule has 0 aliphatic carbocycles. The first kappa shape index (κ1) is 13.0. The Labute approximate surface area is 101 Å². The van der Waals surface area contributed by atoms with Crippen LogP contribution < -0.4 is 0 Å². The summed E-state index contributed by atoms with van der Waals surface area (Å²) >= 11 is 6.13. The van der Waals surface area contributed by atoms with E-state index < -0.39 is 5.38 Å². The lowest BCUT2D eigenvalue weighted by molar-refractivity contribution is -0.130. The van der Waals surface area contributed by atoms with Crippen LogP contribution in [0.2, 0.25) is 0 Å². The summed E-state index contributed by atoms with van der Waals surface area (Å²) < 4.78 is 0. The van der Waals surface area contributed by atoms with Crippen LogP contribution in [0.25, 0.3) is 0 Å². The predicted octanol–water partition coefficient (Wildman–Crippen LogP) is 2.54. The molecule has 1 atom stereocenters. The standard InChI is InChI=1S/C12H17ClN2O/c1-4-15(5-2)12(16)11(13)10-7-6-9(3)14-8-10/h6-8,11H,4-5H2,1-3H3. The summed E-state index contributed by atoms with van der Waals surface area (Å²) in [5.74, 6) is -0.0580. The molecule has 0 aromatic carbocycles. The summed E-state index contributed by atoms with van der Waals surface area (Å²) in [4.78, 5) is 17.8. The number of carbonyl (C=O) groups excluding carboxylic acids is 1. The summed E-state index contributed by atoms with van der Waals surface area (Å²) in [6.45, 7) is 7.14. The van der Waals surface area contributed by atoms with Crippen molar-refractivity contribution in [3.8, 4) is 0 Å². The zero-order valence-electron chi connectivity index (χ0n) is 9.90. The quantitative estimate of drug-likeness (QED) is 0.758. The molecule has 1 aromatic rings. The van der Waals surface area contributed by atoms with Crippen molar-refractivity contribution < 1.29 is 4.79 Å². The normalized spacial score (nSPS) is 12.2. The van der Waals surface area contributed by atoms with Crippen molar-refractivity contribution in [2.75, 3.05) is 13.1 Å². The smallest absolute Gasteiger partial charge is 0.245 e.